The molecule has 3 atom stereocenters. The topological polar surface area (TPSA) is 27.0 Å². The highest BCUT2D eigenvalue weighted by molar-refractivity contribution is 5.28. The summed E-state index contributed by atoms with van der Waals surface area (Å²) >= 11 is 0. The van der Waals surface area contributed by atoms with Gasteiger partial charge in [0.25, 0.3) is 0 Å². The predicted molar refractivity (Wildman–Crippen MR) is 78.7 cm³/mol. The van der Waals surface area contributed by atoms with E-state index in [1.165, 1.54) is 12.0 Å². The molecule has 2 heteroatoms. The number of hydrogen-bond acceptors (Lipinski definition) is 2. The highest BCUT2D eigenvalue weighted by atomic mass is 15.2. The van der Waals surface area contributed by atoms with Gasteiger partial charge in [0.1, 0.15) is 6.04 Å². The van der Waals surface area contributed by atoms with Crippen molar-refractivity contribution in [3.63, 3.8) is 0 Å². The van der Waals surface area contributed by atoms with Crippen LogP contribution in [0.4, 0.5) is 0 Å². The Balaban J connectivity index is 2.16. The van der Waals surface area contributed by atoms with E-state index in [1.807, 2.05) is 0 Å². The minimum Gasteiger partial charge on any atom is -0.284 e. The maximum Gasteiger partial charge on any atom is 0.123 e. The maximum absolute atomic E-state index is 9.54. The molecule has 1 saturated heterocycles. The number of nitrogens with zero attached hydrogens (tertiary/aromatic N) is 2. The van der Waals surface area contributed by atoms with E-state index < -0.39 is 0 Å². The van der Waals surface area contributed by atoms with Crippen LogP contribution in [0.2, 0.25) is 0 Å². The van der Waals surface area contributed by atoms with Crippen molar-refractivity contribution in [1.29, 1.82) is 5.26 Å². The van der Waals surface area contributed by atoms with Crippen LogP contribution in [0.3, 0.4) is 0 Å². The normalized spacial score (nSPS) is 25.8. The van der Waals surface area contributed by atoms with Gasteiger partial charge in [-0.25, -0.2) is 0 Å². The summed E-state index contributed by atoms with van der Waals surface area (Å²) in [7, 11) is 0. The second kappa shape index (κ2) is 6.21. The lowest BCUT2D eigenvalue weighted by atomic mass is 9.90. The lowest BCUT2D eigenvalue weighted by molar-refractivity contribution is 0.117. The Morgan fingerprint density at radius 3 is 2.26 bits per heavy atom. The van der Waals surface area contributed by atoms with E-state index in [-0.39, 0.29) is 6.04 Å². The van der Waals surface area contributed by atoms with Gasteiger partial charge < -0.3 is 0 Å². The number of likely N-dealkylation sites (tertiary alicyclic amines) is 1. The van der Waals surface area contributed by atoms with E-state index in [4.69, 9.17) is 0 Å². The average molecular weight is 256 g/mol. The first-order valence-electron chi connectivity index (χ1n) is 7.36. The summed E-state index contributed by atoms with van der Waals surface area (Å²) in [6.45, 7) is 8.82. The molecule has 1 aliphatic rings. The third-order valence-corrected chi connectivity index (χ3v) is 4.09. The molecule has 1 fully saturated rings. The van der Waals surface area contributed by atoms with Gasteiger partial charge >= 0.3 is 0 Å². The minimum absolute atomic E-state index is 0.0869. The van der Waals surface area contributed by atoms with Gasteiger partial charge in [0.15, 0.2) is 0 Å². The molecule has 0 spiro atoms. The van der Waals surface area contributed by atoms with Crippen molar-refractivity contribution in [1.82, 2.24) is 4.90 Å². The highest BCUT2D eigenvalue weighted by Crippen LogP contribution is 2.29. The van der Waals surface area contributed by atoms with Crippen molar-refractivity contribution in [2.24, 2.45) is 11.8 Å². The molecule has 1 aromatic rings. The molecular formula is C17H24N2. The number of benzene rings is 1. The minimum atomic E-state index is -0.0869. The number of hydrogen-bond donors (Lipinski definition) is 0. The van der Waals surface area contributed by atoms with Gasteiger partial charge in [-0.15, -0.1) is 0 Å². The molecule has 1 aliphatic heterocycles. The lowest BCUT2D eigenvalue weighted by Gasteiger charge is -2.37. The van der Waals surface area contributed by atoms with E-state index in [0.29, 0.717) is 11.8 Å². The average Bonchev–Trinajstić information content (AvgIpc) is 2.39. The second-order valence-corrected chi connectivity index (χ2v) is 6.03. The van der Waals surface area contributed by atoms with Crippen LogP contribution in [0.25, 0.3) is 0 Å². The SMILES string of the molecule is CCc1ccc(C(C#N)N2CC(C)CC(C)C2)cc1. The Morgan fingerprint density at radius 1 is 1.21 bits per heavy atom. The first-order valence-corrected chi connectivity index (χ1v) is 7.36. The summed E-state index contributed by atoms with van der Waals surface area (Å²) < 4.78 is 0. The van der Waals surface area contributed by atoms with E-state index in [1.54, 1.807) is 0 Å². The summed E-state index contributed by atoms with van der Waals surface area (Å²) in [6.07, 6.45) is 2.33. The molecule has 0 aliphatic carbocycles. The quantitative estimate of drug-likeness (QED) is 0.822. The van der Waals surface area contributed by atoms with E-state index in [0.717, 1.165) is 25.1 Å². The Bertz CT molecular complexity index is 433. The Labute approximate surface area is 117 Å². The molecule has 0 aromatic heterocycles. The number of aryl methyl sites for hydroxylation is 1. The summed E-state index contributed by atoms with van der Waals surface area (Å²) in [4.78, 5) is 2.35. The third kappa shape index (κ3) is 3.36. The van der Waals surface area contributed by atoms with Gasteiger partial charge in [-0.1, -0.05) is 45.0 Å². The number of piperidine rings is 1. The van der Waals surface area contributed by atoms with Gasteiger partial charge in [-0.3, -0.25) is 4.90 Å². The smallest absolute Gasteiger partial charge is 0.123 e. The van der Waals surface area contributed by atoms with Crippen LogP contribution in [0.15, 0.2) is 24.3 Å². The van der Waals surface area contributed by atoms with Crippen LogP contribution in [0.5, 0.6) is 0 Å². The van der Waals surface area contributed by atoms with Crippen LogP contribution in [0, 0.1) is 23.2 Å². The molecule has 0 N–H and O–H groups in total. The summed E-state index contributed by atoms with van der Waals surface area (Å²) in [5.41, 5.74) is 2.47. The third-order valence-electron chi connectivity index (χ3n) is 4.09. The van der Waals surface area contributed by atoms with Crippen molar-refractivity contribution in [3.8, 4) is 6.07 Å². The maximum atomic E-state index is 9.54. The number of nitriles is 1. The zero-order chi connectivity index (χ0) is 13.8. The Morgan fingerprint density at radius 2 is 1.79 bits per heavy atom. The molecule has 2 nitrogen and oxygen atoms in total. The molecule has 102 valence electrons. The van der Waals surface area contributed by atoms with Crippen molar-refractivity contribution < 1.29 is 0 Å². The van der Waals surface area contributed by atoms with Crippen molar-refractivity contribution in [2.75, 3.05) is 13.1 Å². The Hall–Kier alpha value is -1.33. The van der Waals surface area contributed by atoms with Crippen molar-refractivity contribution >= 4 is 0 Å². The standard InChI is InChI=1S/C17H24N2/c1-4-15-5-7-16(8-6-15)17(10-18)19-11-13(2)9-14(3)12-19/h5-8,13-14,17H,4,9,11-12H2,1-3H3. The van der Waals surface area contributed by atoms with Crippen LogP contribution < -0.4 is 0 Å². The van der Waals surface area contributed by atoms with Crippen LogP contribution >= 0.6 is 0 Å². The largest absolute Gasteiger partial charge is 0.284 e. The van der Waals surface area contributed by atoms with Gasteiger partial charge in [0.05, 0.1) is 6.07 Å². The van der Waals surface area contributed by atoms with E-state index in [9.17, 15) is 5.26 Å². The fourth-order valence-corrected chi connectivity index (χ4v) is 3.22. The summed E-state index contributed by atoms with van der Waals surface area (Å²) in [5.74, 6) is 1.38. The highest BCUT2D eigenvalue weighted by Gasteiger charge is 2.28. The molecular weight excluding hydrogens is 232 g/mol. The lowest BCUT2D eigenvalue weighted by Crippen LogP contribution is -2.40. The molecule has 0 saturated carbocycles. The molecule has 2 rings (SSSR count). The van der Waals surface area contributed by atoms with Crippen LogP contribution in [-0.4, -0.2) is 18.0 Å². The van der Waals surface area contributed by atoms with E-state index in [2.05, 4.69) is 56.0 Å². The molecule has 3 unspecified atom stereocenters. The molecule has 19 heavy (non-hydrogen) atoms. The zero-order valence-electron chi connectivity index (χ0n) is 12.3. The molecule has 0 bridgehead atoms. The van der Waals surface area contributed by atoms with Crippen molar-refractivity contribution in [2.45, 2.75) is 39.7 Å². The second-order valence-electron chi connectivity index (χ2n) is 6.03. The molecule has 0 amide bonds. The van der Waals surface area contributed by atoms with Gasteiger partial charge in [-0.2, -0.15) is 5.26 Å². The monoisotopic (exact) mass is 256 g/mol. The van der Waals surface area contributed by atoms with Crippen LogP contribution in [-0.2, 0) is 6.42 Å². The summed E-state index contributed by atoms with van der Waals surface area (Å²) in [5, 5.41) is 9.54. The first kappa shape index (κ1) is 14.1. The fraction of sp³-hybridized carbons (Fsp3) is 0.588. The first-order chi connectivity index (χ1) is 9.13. The van der Waals surface area contributed by atoms with Gasteiger partial charge in [-0.05, 0) is 35.8 Å². The van der Waals surface area contributed by atoms with Crippen molar-refractivity contribution in [3.05, 3.63) is 35.4 Å². The van der Waals surface area contributed by atoms with Gasteiger partial charge in [0, 0.05) is 13.1 Å². The molecule has 1 heterocycles. The Kier molecular flexibility index (Phi) is 4.61. The van der Waals surface area contributed by atoms with Gasteiger partial charge in [0.2, 0.25) is 0 Å². The summed E-state index contributed by atoms with van der Waals surface area (Å²) in [6, 6.07) is 10.9. The van der Waals surface area contributed by atoms with E-state index >= 15 is 0 Å². The molecule has 1 aromatic carbocycles. The molecule has 0 radical (unpaired) electrons. The number of rotatable bonds is 3. The fourth-order valence-electron chi connectivity index (χ4n) is 3.22. The van der Waals surface area contributed by atoms with Crippen LogP contribution in [0.1, 0.15) is 44.4 Å². The predicted octanol–water partition coefficient (Wildman–Crippen LogP) is 3.79. The zero-order valence-corrected chi connectivity index (χ0v) is 12.3.